The lowest BCUT2D eigenvalue weighted by atomic mass is 10.1. The van der Waals surface area contributed by atoms with Crippen LogP contribution in [0.2, 0.25) is 0 Å². The molecule has 2 aromatic carbocycles. The summed E-state index contributed by atoms with van der Waals surface area (Å²) in [5, 5.41) is 27.9. The van der Waals surface area contributed by atoms with E-state index in [1.165, 1.54) is 6.07 Å². The van der Waals surface area contributed by atoms with Gasteiger partial charge in [0, 0.05) is 30.9 Å². The highest BCUT2D eigenvalue weighted by Gasteiger charge is 2.22. The van der Waals surface area contributed by atoms with E-state index in [-0.39, 0.29) is 17.2 Å². The van der Waals surface area contributed by atoms with Crippen LogP contribution in [0.1, 0.15) is 59.6 Å². The van der Waals surface area contributed by atoms with Gasteiger partial charge >= 0.3 is 0 Å². The van der Waals surface area contributed by atoms with Gasteiger partial charge in [0.05, 0.1) is 45.5 Å². The molecule has 0 aliphatic carbocycles. The molecule has 0 saturated carbocycles. The van der Waals surface area contributed by atoms with Crippen LogP contribution >= 0.6 is 0 Å². The number of carbonyl (C=O) groups excluding carboxylic acids is 2. The maximum absolute atomic E-state index is 13.1. The number of nitro benzene ring substituents is 2. The van der Waals surface area contributed by atoms with E-state index < -0.39 is 27.1 Å². The number of unbranched alkanes of at least 4 members (excludes halogenated alkanes) is 1. The molecule has 3 aromatic rings. The molecule has 0 radical (unpaired) electrons. The second-order valence-corrected chi connectivity index (χ2v) is 8.55. The van der Waals surface area contributed by atoms with Crippen molar-refractivity contribution in [3.63, 3.8) is 0 Å². The average molecular weight is 524 g/mol. The minimum atomic E-state index is -0.807. The number of benzene rings is 2. The number of carbonyl (C=O) groups is 2. The van der Waals surface area contributed by atoms with E-state index in [4.69, 9.17) is 4.42 Å². The number of non-ortho nitro benzene ring substituents is 2. The smallest absolute Gasteiger partial charge is 0.277 e. The lowest BCUT2D eigenvalue weighted by Gasteiger charge is -2.26. The van der Waals surface area contributed by atoms with Gasteiger partial charge in [0.1, 0.15) is 5.76 Å². The number of furan rings is 1. The fourth-order valence-electron chi connectivity index (χ4n) is 3.77. The van der Waals surface area contributed by atoms with Crippen LogP contribution in [0.4, 0.5) is 22.7 Å². The van der Waals surface area contributed by atoms with Gasteiger partial charge in [-0.05, 0) is 43.2 Å². The first-order valence-corrected chi connectivity index (χ1v) is 12.2. The minimum absolute atomic E-state index is 0.253. The van der Waals surface area contributed by atoms with Crippen molar-refractivity contribution in [3.05, 3.63) is 91.9 Å². The first kappa shape index (κ1) is 27.8. The molecule has 0 bridgehead atoms. The molecule has 2 amide bonds. The molecule has 12 nitrogen and oxygen atoms in total. The third-order valence-corrected chi connectivity index (χ3v) is 5.67. The summed E-state index contributed by atoms with van der Waals surface area (Å²) in [7, 11) is 0. The molecule has 0 saturated heterocycles. The lowest BCUT2D eigenvalue weighted by Crippen LogP contribution is -2.30. The second kappa shape index (κ2) is 13.0. The van der Waals surface area contributed by atoms with Gasteiger partial charge in [-0.15, -0.1) is 0 Å². The van der Waals surface area contributed by atoms with Crippen LogP contribution in [-0.2, 0) is 6.54 Å². The van der Waals surface area contributed by atoms with E-state index in [1.807, 2.05) is 17.9 Å². The molecule has 1 heterocycles. The summed E-state index contributed by atoms with van der Waals surface area (Å²) in [5.74, 6) is -0.390. The van der Waals surface area contributed by atoms with Crippen molar-refractivity contribution in [2.75, 3.05) is 23.3 Å². The van der Waals surface area contributed by atoms with Crippen LogP contribution in [0.25, 0.3) is 0 Å². The number of hydrogen-bond donors (Lipinski definition) is 2. The van der Waals surface area contributed by atoms with Crippen LogP contribution in [0.3, 0.4) is 0 Å². The predicted molar refractivity (Wildman–Crippen MR) is 141 cm³/mol. The monoisotopic (exact) mass is 523 g/mol. The van der Waals surface area contributed by atoms with E-state index in [0.29, 0.717) is 30.9 Å². The van der Waals surface area contributed by atoms with E-state index in [1.54, 1.807) is 24.5 Å². The number of amides is 2. The van der Waals surface area contributed by atoms with Crippen molar-refractivity contribution >= 4 is 34.6 Å². The summed E-state index contributed by atoms with van der Waals surface area (Å²) in [5.41, 5.74) is -0.193. The largest absolute Gasteiger partial charge is 0.467 e. The molecule has 0 fully saturated rings. The summed E-state index contributed by atoms with van der Waals surface area (Å²) < 4.78 is 5.51. The fourth-order valence-corrected chi connectivity index (χ4v) is 3.77. The van der Waals surface area contributed by atoms with Gasteiger partial charge in [-0.2, -0.15) is 0 Å². The molecule has 1 aromatic heterocycles. The zero-order chi connectivity index (χ0) is 27.7. The summed E-state index contributed by atoms with van der Waals surface area (Å²) in [6.07, 6.45) is 4.13. The molecule has 200 valence electrons. The van der Waals surface area contributed by atoms with Crippen molar-refractivity contribution in [1.82, 2.24) is 5.32 Å². The quantitative estimate of drug-likeness (QED) is 0.225. The molecule has 0 unspecified atom stereocenters. The fraction of sp³-hybridized carbons (Fsp3) is 0.308. The standard InChI is InChI=1S/C26H29N5O7/c1-3-5-11-29(17-22-7-6-12-38-22)24-9-8-19(15-23(24)26(33)27-10-4-2)28-25(32)18-13-20(30(34)35)16-21(14-18)31(36)37/h6-9,12-16H,3-5,10-11,17H2,1-2H3,(H,27,33)(H,28,32). The average Bonchev–Trinajstić information content (AvgIpc) is 3.42. The summed E-state index contributed by atoms with van der Waals surface area (Å²) >= 11 is 0. The minimum Gasteiger partial charge on any atom is -0.467 e. The number of nitro groups is 2. The van der Waals surface area contributed by atoms with Gasteiger partial charge in [-0.3, -0.25) is 29.8 Å². The third-order valence-electron chi connectivity index (χ3n) is 5.67. The second-order valence-electron chi connectivity index (χ2n) is 8.55. The zero-order valence-electron chi connectivity index (χ0n) is 21.1. The highest BCUT2D eigenvalue weighted by atomic mass is 16.6. The number of rotatable bonds is 13. The molecule has 0 aliphatic rings. The van der Waals surface area contributed by atoms with Gasteiger partial charge < -0.3 is 20.0 Å². The van der Waals surface area contributed by atoms with Crippen molar-refractivity contribution in [3.8, 4) is 0 Å². The Morgan fingerprint density at radius 3 is 2.24 bits per heavy atom. The van der Waals surface area contributed by atoms with Gasteiger partial charge in [0.25, 0.3) is 23.2 Å². The molecule has 0 atom stereocenters. The normalized spacial score (nSPS) is 10.6. The zero-order valence-corrected chi connectivity index (χ0v) is 21.1. The Balaban J connectivity index is 1.97. The van der Waals surface area contributed by atoms with E-state index >= 15 is 0 Å². The topological polar surface area (TPSA) is 161 Å². The lowest BCUT2D eigenvalue weighted by molar-refractivity contribution is -0.394. The number of anilines is 2. The van der Waals surface area contributed by atoms with Crippen molar-refractivity contribution in [2.45, 2.75) is 39.7 Å². The predicted octanol–water partition coefficient (Wildman–Crippen LogP) is 5.29. The van der Waals surface area contributed by atoms with Crippen LogP contribution in [0.5, 0.6) is 0 Å². The Morgan fingerprint density at radius 2 is 1.66 bits per heavy atom. The van der Waals surface area contributed by atoms with Crippen LogP contribution < -0.4 is 15.5 Å². The molecule has 3 rings (SSSR count). The van der Waals surface area contributed by atoms with Gasteiger partial charge in [0.15, 0.2) is 0 Å². The molecule has 38 heavy (non-hydrogen) atoms. The summed E-state index contributed by atoms with van der Waals surface area (Å²) in [6, 6.07) is 11.2. The maximum atomic E-state index is 13.1. The molecule has 12 heteroatoms. The number of nitrogens with one attached hydrogen (secondary N) is 2. The first-order valence-electron chi connectivity index (χ1n) is 12.2. The Morgan fingerprint density at radius 1 is 0.947 bits per heavy atom. The van der Waals surface area contributed by atoms with Crippen molar-refractivity contribution in [2.24, 2.45) is 0 Å². The first-order chi connectivity index (χ1) is 18.2. The molecule has 2 N–H and O–H groups in total. The Kier molecular flexibility index (Phi) is 9.52. The van der Waals surface area contributed by atoms with E-state index in [0.717, 1.165) is 43.2 Å². The molecule has 0 aliphatic heterocycles. The molecule has 0 spiro atoms. The third kappa shape index (κ3) is 7.15. The summed E-state index contributed by atoms with van der Waals surface area (Å²) in [6.45, 7) is 5.55. The van der Waals surface area contributed by atoms with Crippen LogP contribution in [0, 0.1) is 20.2 Å². The Hall–Kier alpha value is -4.74. The van der Waals surface area contributed by atoms with E-state index in [9.17, 15) is 29.8 Å². The van der Waals surface area contributed by atoms with Crippen LogP contribution in [0.15, 0.2) is 59.2 Å². The molecular formula is C26H29N5O7. The van der Waals surface area contributed by atoms with Gasteiger partial charge in [-0.25, -0.2) is 0 Å². The Labute approximate surface area is 218 Å². The van der Waals surface area contributed by atoms with Crippen molar-refractivity contribution in [1.29, 1.82) is 0 Å². The summed E-state index contributed by atoms with van der Waals surface area (Å²) in [4.78, 5) is 48.9. The van der Waals surface area contributed by atoms with Crippen LogP contribution in [-0.4, -0.2) is 34.8 Å². The number of hydrogen-bond acceptors (Lipinski definition) is 8. The maximum Gasteiger partial charge on any atom is 0.277 e. The SMILES string of the molecule is CCCCN(Cc1ccco1)c1ccc(NC(=O)c2cc([N+](=O)[O-])cc([N+](=O)[O-])c2)cc1C(=O)NCCC. The molecular weight excluding hydrogens is 494 g/mol. The Bertz CT molecular complexity index is 1280. The van der Waals surface area contributed by atoms with E-state index in [2.05, 4.69) is 17.6 Å². The van der Waals surface area contributed by atoms with Gasteiger partial charge in [0.2, 0.25) is 0 Å². The highest BCUT2D eigenvalue weighted by molar-refractivity contribution is 6.07. The van der Waals surface area contributed by atoms with Crippen molar-refractivity contribution < 1.29 is 23.9 Å². The highest BCUT2D eigenvalue weighted by Crippen LogP contribution is 2.28. The number of nitrogens with zero attached hydrogens (tertiary/aromatic N) is 3. The van der Waals surface area contributed by atoms with Gasteiger partial charge in [-0.1, -0.05) is 20.3 Å².